The van der Waals surface area contributed by atoms with Gasteiger partial charge >= 0.3 is 6.18 Å². The lowest BCUT2D eigenvalue weighted by Gasteiger charge is -2.32. The second-order valence-corrected chi connectivity index (χ2v) is 8.95. The highest BCUT2D eigenvalue weighted by Crippen LogP contribution is 2.40. The van der Waals surface area contributed by atoms with E-state index < -0.39 is 12.2 Å². The van der Waals surface area contributed by atoms with Gasteiger partial charge in [-0.05, 0) is 54.0 Å². The molecule has 3 atom stereocenters. The number of carbonyl (C=O) groups excluding carboxylic acids is 1. The normalized spacial score (nSPS) is 25.4. The van der Waals surface area contributed by atoms with Crippen LogP contribution < -0.4 is 5.32 Å². The maximum Gasteiger partial charge on any atom is 0.410 e. The van der Waals surface area contributed by atoms with E-state index in [1.165, 1.54) is 0 Å². The molecule has 3 rings (SSSR count). The minimum atomic E-state index is -4.32. The Morgan fingerprint density at radius 1 is 1.31 bits per heavy atom. The summed E-state index contributed by atoms with van der Waals surface area (Å²) in [7, 11) is 0. The van der Waals surface area contributed by atoms with Crippen molar-refractivity contribution in [2.45, 2.75) is 83.7 Å². The molecule has 0 aromatic carbocycles. The van der Waals surface area contributed by atoms with Gasteiger partial charge in [-0.2, -0.15) is 18.3 Å². The van der Waals surface area contributed by atoms with Crippen LogP contribution in [0.4, 0.5) is 19.0 Å². The number of hydrogen-bond acceptors (Lipinski definition) is 4. The Morgan fingerprint density at radius 3 is 2.55 bits per heavy atom. The van der Waals surface area contributed by atoms with Gasteiger partial charge in [0.25, 0.3) is 0 Å². The summed E-state index contributed by atoms with van der Waals surface area (Å²) >= 11 is 0. The standard InChI is InChI=1S/C20H32F3N5O/c1-12(2)27(13(3)4)19(29)11-26-7-6-15(10-26)16-9-18-24-14(5)8-17(20(21,22)23)28(18)25-16/h9,12-15,17,24H,6-8,10-11H2,1-5H3/t14-,15-,17-/m1/s1. The summed E-state index contributed by atoms with van der Waals surface area (Å²) < 4.78 is 41.5. The molecule has 3 heterocycles. The molecule has 0 saturated carbocycles. The molecule has 29 heavy (non-hydrogen) atoms. The zero-order valence-corrected chi connectivity index (χ0v) is 17.8. The Kier molecular flexibility index (Phi) is 6.17. The van der Waals surface area contributed by atoms with Crippen molar-refractivity contribution >= 4 is 11.7 Å². The summed E-state index contributed by atoms with van der Waals surface area (Å²) in [6.07, 6.45) is -3.55. The van der Waals surface area contributed by atoms with Crippen molar-refractivity contribution < 1.29 is 18.0 Å². The highest BCUT2D eigenvalue weighted by atomic mass is 19.4. The van der Waals surface area contributed by atoms with Crippen molar-refractivity contribution in [1.82, 2.24) is 19.6 Å². The Bertz CT molecular complexity index is 722. The Hall–Kier alpha value is -1.77. The van der Waals surface area contributed by atoms with Gasteiger partial charge in [0.05, 0.1) is 12.2 Å². The fourth-order valence-electron chi connectivity index (χ4n) is 4.64. The van der Waals surface area contributed by atoms with Crippen LogP contribution in [0.3, 0.4) is 0 Å². The van der Waals surface area contributed by atoms with Crippen LogP contribution in [-0.4, -0.2) is 69.4 Å². The van der Waals surface area contributed by atoms with E-state index in [4.69, 9.17) is 0 Å². The number of likely N-dealkylation sites (tertiary alicyclic amines) is 1. The summed E-state index contributed by atoms with van der Waals surface area (Å²) in [5, 5.41) is 7.45. The number of carbonyl (C=O) groups is 1. The van der Waals surface area contributed by atoms with Crippen LogP contribution in [0, 0.1) is 0 Å². The average Bonchev–Trinajstić information content (AvgIpc) is 3.18. The molecule has 1 saturated heterocycles. The second kappa shape index (κ2) is 8.16. The Morgan fingerprint density at radius 2 is 1.97 bits per heavy atom. The predicted molar refractivity (Wildman–Crippen MR) is 106 cm³/mol. The predicted octanol–water partition coefficient (Wildman–Crippen LogP) is 3.63. The molecule has 2 aliphatic rings. The molecule has 1 fully saturated rings. The number of nitrogens with one attached hydrogen (secondary N) is 1. The SMILES string of the molecule is CC(C)N(C(=O)CN1CC[C@@H](c2cc3n(n2)[C@@H](C(F)(F)F)C[C@@H](C)N3)C1)C(C)C. The van der Waals surface area contributed by atoms with E-state index in [1.54, 1.807) is 13.0 Å². The van der Waals surface area contributed by atoms with Crippen molar-refractivity contribution in [2.75, 3.05) is 25.0 Å². The van der Waals surface area contributed by atoms with Crippen molar-refractivity contribution in [1.29, 1.82) is 0 Å². The fourth-order valence-corrected chi connectivity index (χ4v) is 4.64. The van der Waals surface area contributed by atoms with Crippen LogP contribution in [0.5, 0.6) is 0 Å². The quantitative estimate of drug-likeness (QED) is 0.798. The lowest BCUT2D eigenvalue weighted by molar-refractivity contribution is -0.173. The van der Waals surface area contributed by atoms with Gasteiger partial charge in [-0.1, -0.05) is 0 Å². The summed E-state index contributed by atoms with van der Waals surface area (Å²) in [6, 6.07) is 0.168. The minimum Gasteiger partial charge on any atom is -0.368 e. The van der Waals surface area contributed by atoms with Gasteiger partial charge in [-0.15, -0.1) is 0 Å². The topological polar surface area (TPSA) is 53.4 Å². The van der Waals surface area contributed by atoms with Gasteiger partial charge in [0.2, 0.25) is 5.91 Å². The number of aromatic nitrogens is 2. The third-order valence-electron chi connectivity index (χ3n) is 5.85. The zero-order valence-electron chi connectivity index (χ0n) is 17.8. The van der Waals surface area contributed by atoms with Crippen LogP contribution in [-0.2, 0) is 4.79 Å². The smallest absolute Gasteiger partial charge is 0.368 e. The summed E-state index contributed by atoms with van der Waals surface area (Å²) in [6.45, 7) is 11.5. The monoisotopic (exact) mass is 415 g/mol. The van der Waals surface area contributed by atoms with Crippen LogP contribution in [0.1, 0.15) is 65.1 Å². The van der Waals surface area contributed by atoms with Crippen LogP contribution in [0.2, 0.25) is 0 Å². The van der Waals surface area contributed by atoms with Gasteiger partial charge in [-0.25, -0.2) is 4.68 Å². The number of halogens is 3. The molecule has 164 valence electrons. The van der Waals surface area contributed by atoms with E-state index in [0.717, 1.165) is 17.6 Å². The number of nitrogens with zero attached hydrogens (tertiary/aromatic N) is 4. The number of anilines is 1. The molecule has 1 aromatic heterocycles. The van der Waals surface area contributed by atoms with Crippen molar-refractivity contribution in [3.8, 4) is 0 Å². The molecule has 0 bridgehead atoms. The number of amides is 1. The van der Waals surface area contributed by atoms with Crippen molar-refractivity contribution in [3.63, 3.8) is 0 Å². The van der Waals surface area contributed by atoms with E-state index in [-0.39, 0.29) is 36.4 Å². The van der Waals surface area contributed by atoms with Crippen LogP contribution in [0.25, 0.3) is 0 Å². The minimum absolute atomic E-state index is 0.0247. The second-order valence-electron chi connectivity index (χ2n) is 8.95. The number of fused-ring (bicyclic) bond motifs is 1. The summed E-state index contributed by atoms with van der Waals surface area (Å²) in [5.41, 5.74) is 0.676. The Labute approximate surface area is 170 Å². The zero-order chi connectivity index (χ0) is 21.5. The highest BCUT2D eigenvalue weighted by Gasteiger charge is 2.46. The van der Waals surface area contributed by atoms with Crippen molar-refractivity contribution in [2.24, 2.45) is 0 Å². The number of rotatable bonds is 5. The summed E-state index contributed by atoms with van der Waals surface area (Å²) in [4.78, 5) is 16.7. The van der Waals surface area contributed by atoms with E-state index in [1.807, 2.05) is 32.6 Å². The summed E-state index contributed by atoms with van der Waals surface area (Å²) in [5.74, 6) is 0.562. The molecule has 0 aliphatic carbocycles. The molecular weight excluding hydrogens is 383 g/mol. The largest absolute Gasteiger partial charge is 0.410 e. The lowest BCUT2D eigenvalue weighted by atomic mass is 10.0. The van der Waals surface area contributed by atoms with Gasteiger partial charge in [-0.3, -0.25) is 9.69 Å². The molecule has 1 aromatic rings. The first-order valence-corrected chi connectivity index (χ1v) is 10.4. The molecule has 1 amide bonds. The van der Waals surface area contributed by atoms with E-state index in [9.17, 15) is 18.0 Å². The highest BCUT2D eigenvalue weighted by molar-refractivity contribution is 5.78. The molecule has 0 radical (unpaired) electrons. The molecule has 2 aliphatic heterocycles. The maximum atomic E-state index is 13.5. The van der Waals surface area contributed by atoms with Crippen LogP contribution in [0.15, 0.2) is 6.07 Å². The average molecular weight is 416 g/mol. The first kappa shape index (κ1) is 21.9. The fraction of sp³-hybridized carbons (Fsp3) is 0.800. The first-order valence-electron chi connectivity index (χ1n) is 10.4. The van der Waals surface area contributed by atoms with Crippen molar-refractivity contribution in [3.05, 3.63) is 11.8 Å². The van der Waals surface area contributed by atoms with Gasteiger partial charge in [0, 0.05) is 36.7 Å². The van der Waals surface area contributed by atoms with E-state index in [0.29, 0.717) is 24.6 Å². The molecule has 1 N–H and O–H groups in total. The maximum absolute atomic E-state index is 13.5. The molecule has 0 spiro atoms. The first-order chi connectivity index (χ1) is 13.5. The van der Waals surface area contributed by atoms with E-state index >= 15 is 0 Å². The third kappa shape index (κ3) is 4.70. The molecular formula is C20H32F3N5O. The van der Waals surface area contributed by atoms with Gasteiger partial charge in [0.15, 0.2) is 6.04 Å². The van der Waals surface area contributed by atoms with E-state index in [2.05, 4.69) is 15.3 Å². The molecule has 6 nitrogen and oxygen atoms in total. The third-order valence-corrected chi connectivity index (χ3v) is 5.85. The lowest BCUT2D eigenvalue weighted by Crippen LogP contribution is -2.46. The van der Waals surface area contributed by atoms with Gasteiger partial charge in [0.1, 0.15) is 5.82 Å². The number of alkyl halides is 3. The van der Waals surface area contributed by atoms with Gasteiger partial charge < -0.3 is 10.2 Å². The van der Waals surface area contributed by atoms with Crippen LogP contribution >= 0.6 is 0 Å². The Balaban J connectivity index is 1.69. The molecule has 9 heteroatoms. The number of hydrogen-bond donors (Lipinski definition) is 1. The molecule has 0 unspecified atom stereocenters.